The molecule has 0 aliphatic rings. The van der Waals surface area contributed by atoms with Crippen LogP contribution in [0.5, 0.6) is 11.5 Å². The molecule has 5 aromatic rings. The summed E-state index contributed by atoms with van der Waals surface area (Å²) in [5, 5.41) is 0. The van der Waals surface area contributed by atoms with Gasteiger partial charge in [-0.3, -0.25) is 0 Å². The lowest BCUT2D eigenvalue weighted by atomic mass is 10.2. The number of aromatic amines is 1. The van der Waals surface area contributed by atoms with Crippen LogP contribution in [0.3, 0.4) is 0 Å². The number of benzene rings is 3. The molecule has 6 heteroatoms. The summed E-state index contributed by atoms with van der Waals surface area (Å²) in [6.45, 7) is 0.522. The number of fused-ring (bicyclic) bond motifs is 1. The molecule has 0 spiro atoms. The molecule has 2 heterocycles. The zero-order valence-electron chi connectivity index (χ0n) is 17.2. The fraction of sp³-hybridized carbons (Fsp3) is 0.0769. The molecule has 0 amide bonds. The Balaban J connectivity index is 1.45. The van der Waals surface area contributed by atoms with Crippen molar-refractivity contribution < 1.29 is 13.9 Å². The molecule has 158 valence electrons. The first-order valence-corrected chi connectivity index (χ1v) is 10.2. The Morgan fingerprint density at radius 2 is 1.53 bits per heavy atom. The Morgan fingerprint density at radius 1 is 0.781 bits per heavy atom. The maximum Gasteiger partial charge on any atom is 0.178 e. The van der Waals surface area contributed by atoms with Crippen LogP contribution in [0.4, 0.5) is 4.39 Å². The van der Waals surface area contributed by atoms with Crippen molar-refractivity contribution in [3.05, 3.63) is 108 Å². The van der Waals surface area contributed by atoms with Gasteiger partial charge in [0, 0.05) is 23.4 Å². The maximum atomic E-state index is 14.0. The summed E-state index contributed by atoms with van der Waals surface area (Å²) in [6.07, 6.45) is 1.70. The van der Waals surface area contributed by atoms with Gasteiger partial charge in [0.25, 0.3) is 0 Å². The van der Waals surface area contributed by atoms with E-state index in [1.807, 2.05) is 54.6 Å². The molecule has 0 atom stereocenters. The van der Waals surface area contributed by atoms with Crippen LogP contribution in [0.1, 0.15) is 11.1 Å². The number of H-pyrrole nitrogens is 1. The number of nitrogens with zero attached hydrogens (tertiary/aromatic N) is 2. The fourth-order valence-electron chi connectivity index (χ4n) is 3.37. The molecule has 32 heavy (non-hydrogen) atoms. The number of hydrogen-bond donors (Lipinski definition) is 1. The Hall–Kier alpha value is -4.19. The van der Waals surface area contributed by atoms with E-state index < -0.39 is 0 Å². The lowest BCUT2D eigenvalue weighted by Gasteiger charge is -2.12. The minimum atomic E-state index is -0.299. The highest BCUT2D eigenvalue weighted by atomic mass is 19.1. The predicted octanol–water partition coefficient (Wildman–Crippen LogP) is 5.92. The summed E-state index contributed by atoms with van der Waals surface area (Å²) >= 11 is 0. The molecule has 0 saturated heterocycles. The van der Waals surface area contributed by atoms with Gasteiger partial charge in [-0.05, 0) is 35.9 Å². The van der Waals surface area contributed by atoms with Crippen molar-refractivity contribution in [3.8, 4) is 22.9 Å². The Bertz CT molecular complexity index is 1320. The Kier molecular flexibility index (Phi) is 5.49. The quantitative estimate of drug-likeness (QED) is 0.352. The van der Waals surface area contributed by atoms with Crippen LogP contribution in [0.15, 0.2) is 91.1 Å². The van der Waals surface area contributed by atoms with Crippen LogP contribution in [-0.4, -0.2) is 15.0 Å². The summed E-state index contributed by atoms with van der Waals surface area (Å²) in [4.78, 5) is 12.1. The lowest BCUT2D eigenvalue weighted by Crippen LogP contribution is -2.00. The zero-order valence-corrected chi connectivity index (χ0v) is 17.2. The maximum absolute atomic E-state index is 14.0. The second kappa shape index (κ2) is 8.89. The van der Waals surface area contributed by atoms with Crippen LogP contribution in [0, 0.1) is 5.82 Å². The molecular formula is C26H20FN3O2. The first-order chi connectivity index (χ1) is 15.7. The zero-order chi connectivity index (χ0) is 21.8. The number of pyridine rings is 1. The molecule has 0 aliphatic heterocycles. The van der Waals surface area contributed by atoms with Crippen LogP contribution in [0.25, 0.3) is 22.6 Å². The molecule has 5 rings (SSSR count). The highest BCUT2D eigenvalue weighted by molar-refractivity contribution is 5.76. The normalized spacial score (nSPS) is 10.9. The van der Waals surface area contributed by atoms with Crippen molar-refractivity contribution in [2.45, 2.75) is 13.2 Å². The van der Waals surface area contributed by atoms with Gasteiger partial charge in [-0.1, -0.05) is 48.5 Å². The number of nitrogens with one attached hydrogen (secondary N) is 1. The molecule has 3 aromatic carbocycles. The molecular weight excluding hydrogens is 405 g/mol. The van der Waals surface area contributed by atoms with Gasteiger partial charge in [0.15, 0.2) is 5.65 Å². The van der Waals surface area contributed by atoms with E-state index >= 15 is 0 Å². The van der Waals surface area contributed by atoms with E-state index in [1.54, 1.807) is 30.5 Å². The van der Waals surface area contributed by atoms with E-state index in [-0.39, 0.29) is 12.4 Å². The topological polar surface area (TPSA) is 60.0 Å². The number of rotatable bonds is 7. The highest BCUT2D eigenvalue weighted by Gasteiger charge is 2.11. The Morgan fingerprint density at radius 3 is 2.31 bits per heavy atom. The van der Waals surface area contributed by atoms with Gasteiger partial charge in [-0.2, -0.15) is 0 Å². The molecule has 5 nitrogen and oxygen atoms in total. The first kappa shape index (κ1) is 19.8. The SMILES string of the molecule is Fc1ccccc1COc1cc(OCc2ccccc2)cc(-c2nc3ncccc3[nH]2)c1. The van der Waals surface area contributed by atoms with Crippen LogP contribution >= 0.6 is 0 Å². The van der Waals surface area contributed by atoms with Gasteiger partial charge < -0.3 is 14.5 Å². The van der Waals surface area contributed by atoms with Crippen molar-refractivity contribution in [3.63, 3.8) is 0 Å². The largest absolute Gasteiger partial charge is 0.489 e. The smallest absolute Gasteiger partial charge is 0.178 e. The summed E-state index contributed by atoms with van der Waals surface area (Å²) in [6, 6.07) is 25.8. The van der Waals surface area contributed by atoms with E-state index in [0.29, 0.717) is 35.1 Å². The minimum absolute atomic E-state index is 0.107. The van der Waals surface area contributed by atoms with Gasteiger partial charge in [0.1, 0.15) is 36.4 Å². The lowest BCUT2D eigenvalue weighted by molar-refractivity contribution is 0.287. The van der Waals surface area contributed by atoms with Crippen molar-refractivity contribution in [2.24, 2.45) is 0 Å². The molecule has 0 aliphatic carbocycles. The van der Waals surface area contributed by atoms with E-state index in [1.165, 1.54) is 6.07 Å². The van der Waals surface area contributed by atoms with Gasteiger partial charge in [-0.25, -0.2) is 14.4 Å². The third-order valence-corrected chi connectivity index (χ3v) is 5.01. The average molecular weight is 425 g/mol. The number of imidazole rings is 1. The second-order valence-electron chi connectivity index (χ2n) is 7.31. The van der Waals surface area contributed by atoms with Gasteiger partial charge in [0.05, 0.1) is 5.52 Å². The van der Waals surface area contributed by atoms with Crippen molar-refractivity contribution >= 4 is 11.2 Å². The van der Waals surface area contributed by atoms with Crippen molar-refractivity contribution in [1.82, 2.24) is 15.0 Å². The third-order valence-electron chi connectivity index (χ3n) is 5.01. The summed E-state index contributed by atoms with van der Waals surface area (Å²) in [5.74, 6) is 1.54. The fourth-order valence-corrected chi connectivity index (χ4v) is 3.37. The molecule has 1 N–H and O–H groups in total. The van der Waals surface area contributed by atoms with Crippen molar-refractivity contribution in [2.75, 3.05) is 0 Å². The highest BCUT2D eigenvalue weighted by Crippen LogP contribution is 2.30. The van der Waals surface area contributed by atoms with Crippen molar-refractivity contribution in [1.29, 1.82) is 0 Å². The molecule has 2 aromatic heterocycles. The molecule has 0 saturated carbocycles. The summed E-state index contributed by atoms with van der Waals surface area (Å²) in [5.41, 5.74) is 3.80. The number of halogens is 1. The number of aromatic nitrogens is 3. The van der Waals surface area contributed by atoms with E-state index in [2.05, 4.69) is 15.0 Å². The van der Waals surface area contributed by atoms with Gasteiger partial charge in [0.2, 0.25) is 0 Å². The Labute approximate surface area is 184 Å². The standard InChI is InChI=1S/C26H20FN3O2/c27-23-10-5-4-9-19(23)17-32-22-14-20(25-29-24-11-6-12-28-26(24)30-25)13-21(15-22)31-16-18-7-2-1-3-8-18/h1-15H,16-17H2,(H,28,29,30). The van der Waals surface area contributed by atoms with Gasteiger partial charge >= 0.3 is 0 Å². The summed E-state index contributed by atoms with van der Waals surface area (Å²) < 4.78 is 26.0. The molecule has 0 unspecified atom stereocenters. The number of ether oxygens (including phenoxy) is 2. The monoisotopic (exact) mass is 425 g/mol. The van der Waals surface area contributed by atoms with Gasteiger partial charge in [-0.15, -0.1) is 0 Å². The number of hydrogen-bond acceptors (Lipinski definition) is 4. The van der Waals surface area contributed by atoms with Crippen LogP contribution < -0.4 is 9.47 Å². The predicted molar refractivity (Wildman–Crippen MR) is 121 cm³/mol. The van der Waals surface area contributed by atoms with Crippen LogP contribution in [-0.2, 0) is 13.2 Å². The first-order valence-electron chi connectivity index (χ1n) is 10.2. The third kappa shape index (κ3) is 4.44. The average Bonchev–Trinajstić information content (AvgIpc) is 3.27. The minimum Gasteiger partial charge on any atom is -0.489 e. The molecule has 0 fully saturated rings. The summed E-state index contributed by atoms with van der Waals surface area (Å²) in [7, 11) is 0. The second-order valence-corrected chi connectivity index (χ2v) is 7.31. The molecule has 0 radical (unpaired) electrons. The van der Waals surface area contributed by atoms with E-state index in [0.717, 1.165) is 16.6 Å². The van der Waals surface area contributed by atoms with Crippen LogP contribution in [0.2, 0.25) is 0 Å². The molecule has 0 bridgehead atoms. The van der Waals surface area contributed by atoms with E-state index in [9.17, 15) is 4.39 Å². The van der Waals surface area contributed by atoms with E-state index in [4.69, 9.17) is 9.47 Å².